The van der Waals surface area contributed by atoms with Crippen molar-refractivity contribution in [2.45, 2.75) is 31.7 Å². The molecule has 1 amide bonds. The fourth-order valence-electron chi connectivity index (χ4n) is 2.37. The van der Waals surface area contributed by atoms with Crippen molar-refractivity contribution in [1.29, 1.82) is 0 Å². The van der Waals surface area contributed by atoms with Crippen LogP contribution in [-0.4, -0.2) is 11.9 Å². The first-order chi connectivity index (χ1) is 9.83. The van der Waals surface area contributed by atoms with Gasteiger partial charge in [0, 0.05) is 11.6 Å². The summed E-state index contributed by atoms with van der Waals surface area (Å²) in [6.45, 7) is 0. The van der Waals surface area contributed by atoms with Crippen molar-refractivity contribution in [1.82, 2.24) is 5.32 Å². The predicted octanol–water partition coefficient (Wildman–Crippen LogP) is 3.36. The molecule has 2 aromatic carbocycles. The van der Waals surface area contributed by atoms with E-state index in [0.717, 1.165) is 36.8 Å². The summed E-state index contributed by atoms with van der Waals surface area (Å²) in [5.74, 6) is 0.0798. The van der Waals surface area contributed by atoms with Gasteiger partial charge in [0.05, 0.1) is 0 Å². The maximum absolute atomic E-state index is 12.2. The minimum Gasteiger partial charge on any atom is -0.349 e. The van der Waals surface area contributed by atoms with E-state index in [1.807, 2.05) is 24.3 Å². The summed E-state index contributed by atoms with van der Waals surface area (Å²) in [7, 11) is 0. The maximum Gasteiger partial charge on any atom is 0.251 e. The van der Waals surface area contributed by atoms with Gasteiger partial charge in [-0.3, -0.25) is 4.79 Å². The zero-order valence-electron chi connectivity index (χ0n) is 11.5. The Kier molecular flexibility index (Phi) is 3.82. The minimum atomic E-state index is 0.0798. The van der Waals surface area contributed by atoms with Gasteiger partial charge >= 0.3 is 0 Å². The molecular formula is C18H19NO. The van der Waals surface area contributed by atoms with Crippen LogP contribution < -0.4 is 5.32 Å². The molecule has 0 spiro atoms. The molecule has 1 aliphatic carbocycles. The van der Waals surface area contributed by atoms with Crippen molar-refractivity contribution in [3.8, 4) is 0 Å². The molecule has 0 aliphatic heterocycles. The lowest BCUT2D eigenvalue weighted by Crippen LogP contribution is -2.26. The zero-order valence-corrected chi connectivity index (χ0v) is 11.5. The second-order valence-corrected chi connectivity index (χ2v) is 5.39. The SMILES string of the molecule is O=C(NC1CC1)c1ccccc1CCc1ccccc1. The van der Waals surface area contributed by atoms with Crippen molar-refractivity contribution in [2.75, 3.05) is 0 Å². The van der Waals surface area contributed by atoms with Crippen LogP contribution >= 0.6 is 0 Å². The maximum atomic E-state index is 12.2. The fraction of sp³-hybridized carbons (Fsp3) is 0.278. The second-order valence-electron chi connectivity index (χ2n) is 5.39. The summed E-state index contributed by atoms with van der Waals surface area (Å²) in [5, 5.41) is 3.07. The molecule has 0 atom stereocenters. The van der Waals surface area contributed by atoms with Crippen LogP contribution in [0.2, 0.25) is 0 Å². The molecule has 0 heterocycles. The number of hydrogen-bond acceptors (Lipinski definition) is 1. The summed E-state index contributed by atoms with van der Waals surface area (Å²) in [6, 6.07) is 18.7. The quantitative estimate of drug-likeness (QED) is 0.882. The van der Waals surface area contributed by atoms with Crippen molar-refractivity contribution in [3.63, 3.8) is 0 Å². The van der Waals surface area contributed by atoms with Crippen LogP contribution in [0.3, 0.4) is 0 Å². The topological polar surface area (TPSA) is 29.1 Å². The Bertz CT molecular complexity index is 587. The average molecular weight is 265 g/mol. The highest BCUT2D eigenvalue weighted by Crippen LogP contribution is 2.20. The number of amides is 1. The van der Waals surface area contributed by atoms with E-state index in [4.69, 9.17) is 0 Å². The molecule has 102 valence electrons. The van der Waals surface area contributed by atoms with Gasteiger partial charge in [0.25, 0.3) is 5.91 Å². The van der Waals surface area contributed by atoms with Crippen LogP contribution in [0.1, 0.15) is 34.3 Å². The number of carbonyl (C=O) groups excluding carboxylic acids is 1. The first kappa shape index (κ1) is 12.9. The van der Waals surface area contributed by atoms with Gasteiger partial charge in [-0.25, -0.2) is 0 Å². The van der Waals surface area contributed by atoms with Crippen LogP contribution in [0.15, 0.2) is 54.6 Å². The first-order valence-electron chi connectivity index (χ1n) is 7.25. The molecule has 2 heteroatoms. The molecule has 20 heavy (non-hydrogen) atoms. The van der Waals surface area contributed by atoms with E-state index in [9.17, 15) is 4.79 Å². The number of hydrogen-bond donors (Lipinski definition) is 1. The van der Waals surface area contributed by atoms with Crippen LogP contribution in [0.25, 0.3) is 0 Å². The summed E-state index contributed by atoms with van der Waals surface area (Å²) in [5.41, 5.74) is 3.27. The van der Waals surface area contributed by atoms with Crippen molar-refractivity contribution in [3.05, 3.63) is 71.3 Å². The van der Waals surface area contributed by atoms with Gasteiger partial charge in [-0.2, -0.15) is 0 Å². The number of rotatable bonds is 5. The van der Waals surface area contributed by atoms with Crippen LogP contribution in [0.4, 0.5) is 0 Å². The fourth-order valence-corrected chi connectivity index (χ4v) is 2.37. The summed E-state index contributed by atoms with van der Waals surface area (Å²) in [4.78, 5) is 12.2. The van der Waals surface area contributed by atoms with Gasteiger partial charge in [0.15, 0.2) is 0 Å². The molecule has 1 aliphatic rings. The Morgan fingerprint density at radius 2 is 1.65 bits per heavy atom. The number of aryl methyl sites for hydroxylation is 2. The molecule has 1 N–H and O–H groups in total. The van der Waals surface area contributed by atoms with Crippen LogP contribution in [0, 0.1) is 0 Å². The first-order valence-corrected chi connectivity index (χ1v) is 7.25. The number of benzene rings is 2. The molecule has 1 fully saturated rings. The molecule has 0 radical (unpaired) electrons. The third-order valence-electron chi connectivity index (χ3n) is 3.70. The molecule has 0 bridgehead atoms. The van der Waals surface area contributed by atoms with Gasteiger partial charge in [-0.15, -0.1) is 0 Å². The lowest BCUT2D eigenvalue weighted by atomic mass is 9.99. The van der Waals surface area contributed by atoms with E-state index >= 15 is 0 Å². The molecule has 0 aromatic heterocycles. The summed E-state index contributed by atoms with van der Waals surface area (Å²) < 4.78 is 0. The van der Waals surface area contributed by atoms with E-state index in [-0.39, 0.29) is 5.91 Å². The Hall–Kier alpha value is -2.09. The normalized spacial score (nSPS) is 14.0. The molecule has 1 saturated carbocycles. The van der Waals surface area contributed by atoms with E-state index < -0.39 is 0 Å². The minimum absolute atomic E-state index is 0.0798. The van der Waals surface area contributed by atoms with Crippen LogP contribution in [0.5, 0.6) is 0 Å². The Morgan fingerprint density at radius 3 is 2.40 bits per heavy atom. The summed E-state index contributed by atoms with van der Waals surface area (Å²) in [6.07, 6.45) is 4.11. The molecule has 3 rings (SSSR count). The molecular weight excluding hydrogens is 246 g/mol. The Labute approximate surface area is 119 Å². The smallest absolute Gasteiger partial charge is 0.251 e. The monoisotopic (exact) mass is 265 g/mol. The lowest BCUT2D eigenvalue weighted by Gasteiger charge is -2.09. The Balaban J connectivity index is 1.70. The van der Waals surface area contributed by atoms with E-state index in [1.54, 1.807) is 0 Å². The van der Waals surface area contributed by atoms with Crippen LogP contribution in [-0.2, 0) is 12.8 Å². The lowest BCUT2D eigenvalue weighted by molar-refractivity contribution is 0.0950. The predicted molar refractivity (Wildman–Crippen MR) is 80.8 cm³/mol. The standard InChI is InChI=1S/C18H19NO/c20-18(19-16-12-13-16)17-9-5-4-8-15(17)11-10-14-6-2-1-3-7-14/h1-9,16H,10-13H2,(H,19,20). The summed E-state index contributed by atoms with van der Waals surface area (Å²) >= 11 is 0. The number of nitrogens with one attached hydrogen (secondary N) is 1. The molecule has 2 nitrogen and oxygen atoms in total. The number of carbonyl (C=O) groups is 1. The Morgan fingerprint density at radius 1 is 0.950 bits per heavy atom. The van der Waals surface area contributed by atoms with E-state index in [2.05, 4.69) is 35.6 Å². The second kappa shape index (κ2) is 5.91. The van der Waals surface area contributed by atoms with Gasteiger partial charge in [0.1, 0.15) is 0 Å². The van der Waals surface area contributed by atoms with E-state index in [0.29, 0.717) is 6.04 Å². The van der Waals surface area contributed by atoms with Crippen molar-refractivity contribution >= 4 is 5.91 Å². The van der Waals surface area contributed by atoms with E-state index in [1.165, 1.54) is 5.56 Å². The highest BCUT2D eigenvalue weighted by molar-refractivity contribution is 5.96. The van der Waals surface area contributed by atoms with Crippen molar-refractivity contribution < 1.29 is 4.79 Å². The highest BCUT2D eigenvalue weighted by atomic mass is 16.1. The largest absolute Gasteiger partial charge is 0.349 e. The molecule has 0 unspecified atom stereocenters. The zero-order chi connectivity index (χ0) is 13.8. The molecule has 2 aromatic rings. The average Bonchev–Trinajstić information content (AvgIpc) is 3.30. The van der Waals surface area contributed by atoms with Crippen molar-refractivity contribution in [2.24, 2.45) is 0 Å². The highest BCUT2D eigenvalue weighted by Gasteiger charge is 2.24. The molecule has 0 saturated heterocycles. The van der Waals surface area contributed by atoms with Gasteiger partial charge in [0.2, 0.25) is 0 Å². The van der Waals surface area contributed by atoms with Gasteiger partial charge < -0.3 is 5.32 Å². The van der Waals surface area contributed by atoms with Gasteiger partial charge in [-0.05, 0) is 42.9 Å². The third-order valence-corrected chi connectivity index (χ3v) is 3.70. The van der Waals surface area contributed by atoms with Gasteiger partial charge in [-0.1, -0.05) is 48.5 Å². The third kappa shape index (κ3) is 3.27.